The normalized spacial score (nSPS) is 14.1. The number of carbonyl (C=O) groups excluding carboxylic acids is 2. The van der Waals surface area contributed by atoms with E-state index in [9.17, 15) is 9.59 Å². The molecule has 33 heavy (non-hydrogen) atoms. The van der Waals surface area contributed by atoms with Gasteiger partial charge in [-0.2, -0.15) is 5.26 Å². The number of hydrogen-bond acceptors (Lipinski definition) is 4. The number of hydrogen-bond donors (Lipinski definition) is 2. The molecule has 7 nitrogen and oxygen atoms in total. The maximum Gasteiger partial charge on any atom is 0.319 e. The molecule has 2 aromatic carbocycles. The molecule has 1 aliphatic heterocycles. The van der Waals surface area contributed by atoms with Gasteiger partial charge in [0.15, 0.2) is 0 Å². The van der Waals surface area contributed by atoms with Crippen LogP contribution in [0.3, 0.4) is 0 Å². The summed E-state index contributed by atoms with van der Waals surface area (Å²) in [4.78, 5) is 29.3. The van der Waals surface area contributed by atoms with Crippen LogP contribution in [0, 0.1) is 18.3 Å². The van der Waals surface area contributed by atoms with Crippen LogP contribution in [-0.4, -0.2) is 62.0 Å². The van der Waals surface area contributed by atoms with E-state index in [0.29, 0.717) is 42.4 Å². The Bertz CT molecular complexity index is 1000. The lowest BCUT2D eigenvalue weighted by Crippen LogP contribution is -2.38. The minimum Gasteiger partial charge on any atom is -0.339 e. The number of piperidine rings is 1. The van der Waals surface area contributed by atoms with Gasteiger partial charge in [0.05, 0.1) is 11.6 Å². The first-order chi connectivity index (χ1) is 15.9. The highest BCUT2D eigenvalue weighted by atomic mass is 16.2. The molecule has 2 N–H and O–H groups in total. The zero-order valence-electron chi connectivity index (χ0n) is 19.7. The second kappa shape index (κ2) is 11.5. The van der Waals surface area contributed by atoms with Crippen LogP contribution in [0.5, 0.6) is 0 Å². The molecule has 0 atom stereocenters. The van der Waals surface area contributed by atoms with Gasteiger partial charge in [-0.3, -0.25) is 4.79 Å². The summed E-state index contributed by atoms with van der Waals surface area (Å²) in [6.07, 6.45) is 2.66. The first-order valence-electron chi connectivity index (χ1n) is 11.5. The van der Waals surface area contributed by atoms with Crippen molar-refractivity contribution in [2.75, 3.05) is 45.6 Å². The molecule has 1 aliphatic rings. The Morgan fingerprint density at radius 1 is 1.12 bits per heavy atom. The maximum absolute atomic E-state index is 13.1. The highest BCUT2D eigenvalue weighted by Gasteiger charge is 2.25. The molecule has 2 aromatic rings. The summed E-state index contributed by atoms with van der Waals surface area (Å²) in [6.45, 7) is 4.79. The molecule has 7 heteroatoms. The number of nitrogens with zero attached hydrogens (tertiary/aromatic N) is 3. The van der Waals surface area contributed by atoms with Gasteiger partial charge in [0, 0.05) is 30.9 Å². The number of anilines is 1. The minimum atomic E-state index is -0.260. The van der Waals surface area contributed by atoms with Crippen molar-refractivity contribution in [1.29, 1.82) is 5.26 Å². The van der Waals surface area contributed by atoms with Gasteiger partial charge in [0.2, 0.25) is 0 Å². The standard InChI is InChI=1S/C26H33N5O2/c1-19-5-8-23(17-24(19)29-26(33)28-13-4-14-30(2)3)25(32)31-15-11-22(12-16-31)21-9-6-20(18-27)7-10-21/h5-10,17,22H,4,11-16H2,1-3H3,(H2,28,29,33). The predicted octanol–water partition coefficient (Wildman–Crippen LogP) is 3.96. The zero-order chi connectivity index (χ0) is 23.8. The van der Waals surface area contributed by atoms with Gasteiger partial charge < -0.3 is 20.4 Å². The molecule has 0 spiro atoms. The van der Waals surface area contributed by atoms with Crippen LogP contribution in [0.2, 0.25) is 0 Å². The van der Waals surface area contributed by atoms with E-state index in [1.807, 2.05) is 62.3 Å². The summed E-state index contributed by atoms with van der Waals surface area (Å²) in [5.41, 5.74) is 4.03. The molecule has 3 amide bonds. The molecular weight excluding hydrogens is 414 g/mol. The molecule has 0 aliphatic carbocycles. The smallest absolute Gasteiger partial charge is 0.319 e. The van der Waals surface area contributed by atoms with Crippen molar-refractivity contribution in [2.24, 2.45) is 0 Å². The number of aryl methyl sites for hydroxylation is 1. The number of rotatable bonds is 7. The number of urea groups is 1. The third kappa shape index (κ3) is 6.80. The second-order valence-corrected chi connectivity index (χ2v) is 8.87. The first-order valence-corrected chi connectivity index (χ1v) is 11.5. The lowest BCUT2D eigenvalue weighted by Gasteiger charge is -2.32. The van der Waals surface area contributed by atoms with Crippen LogP contribution < -0.4 is 10.6 Å². The summed E-state index contributed by atoms with van der Waals surface area (Å²) in [5.74, 6) is 0.385. The fourth-order valence-corrected chi connectivity index (χ4v) is 4.08. The number of nitriles is 1. The van der Waals surface area contributed by atoms with Crippen molar-refractivity contribution in [1.82, 2.24) is 15.1 Å². The van der Waals surface area contributed by atoms with Crippen molar-refractivity contribution >= 4 is 17.6 Å². The Balaban J connectivity index is 1.55. The summed E-state index contributed by atoms with van der Waals surface area (Å²) < 4.78 is 0. The monoisotopic (exact) mass is 447 g/mol. The summed E-state index contributed by atoms with van der Waals surface area (Å²) in [6, 6.07) is 15.1. The Morgan fingerprint density at radius 2 is 1.82 bits per heavy atom. The van der Waals surface area contributed by atoms with Crippen LogP contribution >= 0.6 is 0 Å². The summed E-state index contributed by atoms with van der Waals surface area (Å²) in [5, 5.41) is 14.7. The van der Waals surface area contributed by atoms with Crippen LogP contribution in [0.15, 0.2) is 42.5 Å². The number of likely N-dealkylation sites (tertiary alicyclic amines) is 1. The van der Waals surface area contributed by atoms with Gasteiger partial charge in [-0.25, -0.2) is 4.79 Å². The van der Waals surface area contributed by atoms with E-state index in [1.54, 1.807) is 6.07 Å². The average molecular weight is 448 g/mol. The van der Waals surface area contributed by atoms with Gasteiger partial charge in [-0.15, -0.1) is 0 Å². The van der Waals surface area contributed by atoms with E-state index in [4.69, 9.17) is 5.26 Å². The van der Waals surface area contributed by atoms with E-state index < -0.39 is 0 Å². The van der Waals surface area contributed by atoms with Crippen molar-refractivity contribution in [3.63, 3.8) is 0 Å². The Morgan fingerprint density at radius 3 is 2.45 bits per heavy atom. The van der Waals surface area contributed by atoms with E-state index in [2.05, 4.69) is 21.6 Å². The SMILES string of the molecule is Cc1ccc(C(=O)N2CCC(c3ccc(C#N)cc3)CC2)cc1NC(=O)NCCCN(C)C. The van der Waals surface area contributed by atoms with Gasteiger partial charge >= 0.3 is 6.03 Å². The predicted molar refractivity (Wildman–Crippen MR) is 130 cm³/mol. The third-order valence-electron chi connectivity index (χ3n) is 6.09. The molecular formula is C26H33N5O2. The summed E-state index contributed by atoms with van der Waals surface area (Å²) >= 11 is 0. The molecule has 1 saturated heterocycles. The fourth-order valence-electron chi connectivity index (χ4n) is 4.08. The van der Waals surface area contributed by atoms with Gasteiger partial charge in [0.1, 0.15) is 0 Å². The Kier molecular flexibility index (Phi) is 8.45. The highest BCUT2D eigenvalue weighted by Crippen LogP contribution is 2.29. The molecule has 174 valence electrons. The van der Waals surface area contributed by atoms with Gasteiger partial charge in [0.25, 0.3) is 5.91 Å². The van der Waals surface area contributed by atoms with Gasteiger partial charge in [-0.1, -0.05) is 18.2 Å². The number of carbonyl (C=O) groups is 2. The lowest BCUT2D eigenvalue weighted by atomic mass is 9.89. The molecule has 0 saturated carbocycles. The quantitative estimate of drug-likeness (QED) is 0.629. The zero-order valence-corrected chi connectivity index (χ0v) is 19.7. The van der Waals surface area contributed by atoms with E-state index in [0.717, 1.165) is 31.4 Å². The van der Waals surface area contributed by atoms with Crippen LogP contribution in [0.25, 0.3) is 0 Å². The maximum atomic E-state index is 13.1. The Labute approximate surface area is 196 Å². The van der Waals surface area contributed by atoms with Crippen molar-refractivity contribution in [3.05, 3.63) is 64.7 Å². The van der Waals surface area contributed by atoms with Crippen molar-refractivity contribution in [3.8, 4) is 6.07 Å². The molecule has 0 aromatic heterocycles. The van der Waals surface area contributed by atoms with Crippen LogP contribution in [-0.2, 0) is 0 Å². The van der Waals surface area contributed by atoms with Crippen LogP contribution in [0.4, 0.5) is 10.5 Å². The topological polar surface area (TPSA) is 88.5 Å². The fraction of sp³-hybridized carbons (Fsp3) is 0.423. The molecule has 1 fully saturated rings. The van der Waals surface area contributed by atoms with E-state index >= 15 is 0 Å². The highest BCUT2D eigenvalue weighted by molar-refractivity contribution is 5.97. The van der Waals surface area contributed by atoms with Crippen LogP contribution in [0.1, 0.15) is 52.2 Å². The Hall–Kier alpha value is -3.37. The molecule has 1 heterocycles. The average Bonchev–Trinajstić information content (AvgIpc) is 2.83. The third-order valence-corrected chi connectivity index (χ3v) is 6.09. The van der Waals surface area contributed by atoms with E-state index in [1.165, 1.54) is 5.56 Å². The van der Waals surface area contributed by atoms with Gasteiger partial charge in [-0.05, 0) is 88.1 Å². The first kappa shape index (κ1) is 24.3. The number of benzene rings is 2. The largest absolute Gasteiger partial charge is 0.339 e. The van der Waals surface area contributed by atoms with Crippen molar-refractivity contribution < 1.29 is 9.59 Å². The van der Waals surface area contributed by atoms with E-state index in [-0.39, 0.29) is 11.9 Å². The summed E-state index contributed by atoms with van der Waals surface area (Å²) in [7, 11) is 4.00. The molecule has 0 unspecified atom stereocenters. The molecule has 3 rings (SSSR count). The number of amides is 3. The van der Waals surface area contributed by atoms with Crippen molar-refractivity contribution in [2.45, 2.75) is 32.1 Å². The molecule has 0 radical (unpaired) electrons. The minimum absolute atomic E-state index is 0.0114. The molecule has 0 bridgehead atoms. The lowest BCUT2D eigenvalue weighted by molar-refractivity contribution is 0.0713. The second-order valence-electron chi connectivity index (χ2n) is 8.87. The number of nitrogens with one attached hydrogen (secondary N) is 2.